The van der Waals surface area contributed by atoms with Crippen molar-refractivity contribution in [2.75, 3.05) is 32.8 Å². The molecule has 8 atom stereocenters. The minimum absolute atomic E-state index is 0.230. The highest BCUT2D eigenvalue weighted by atomic mass is 19.1. The Morgan fingerprint density at radius 2 is 1.26 bits per heavy atom. The highest BCUT2D eigenvalue weighted by molar-refractivity contribution is 5.00. The summed E-state index contributed by atoms with van der Waals surface area (Å²) < 4.78 is 26.3. The molecule has 0 aromatic rings. The third kappa shape index (κ3) is 19.4. The maximum absolute atomic E-state index is 15.2. The molecule has 2 aliphatic rings. The second-order valence-corrected chi connectivity index (χ2v) is 15.2. The van der Waals surface area contributed by atoms with Gasteiger partial charge in [0.1, 0.15) is 24.4 Å². The molecule has 9 nitrogen and oxygen atoms in total. The zero-order valence-corrected chi connectivity index (χ0v) is 31.5. The average molecular weight is 718 g/mol. The quantitative estimate of drug-likeness (QED) is 0.0433. The number of allylic oxidation sites excluding steroid dienone is 1. The van der Waals surface area contributed by atoms with E-state index in [1.165, 1.54) is 116 Å². The minimum atomic E-state index is -1.60. The fourth-order valence-electron chi connectivity index (χ4n) is 7.32. The Kier molecular flexibility index (Phi) is 26.2. The summed E-state index contributed by atoms with van der Waals surface area (Å²) in [5.74, 6) is -1.30. The predicted molar refractivity (Wildman–Crippen MR) is 197 cm³/mol. The van der Waals surface area contributed by atoms with E-state index in [4.69, 9.17) is 9.47 Å². The lowest BCUT2D eigenvalue weighted by atomic mass is 9.93. The van der Waals surface area contributed by atoms with E-state index >= 15 is 4.39 Å². The lowest BCUT2D eigenvalue weighted by molar-refractivity contribution is -0.303. The molecule has 50 heavy (non-hydrogen) atoms. The molecule has 0 amide bonds. The van der Waals surface area contributed by atoms with E-state index in [0.717, 1.165) is 44.9 Å². The van der Waals surface area contributed by atoms with Gasteiger partial charge in [-0.3, -0.25) is 0 Å². The third-order valence-electron chi connectivity index (χ3n) is 10.7. The first-order valence-electron chi connectivity index (χ1n) is 20.6. The molecule has 0 spiro atoms. The molecule has 0 bridgehead atoms. The van der Waals surface area contributed by atoms with Crippen molar-refractivity contribution < 1.29 is 44.5 Å². The van der Waals surface area contributed by atoms with Crippen LogP contribution in [0.1, 0.15) is 161 Å². The molecule has 0 aromatic heterocycles. The first-order chi connectivity index (χ1) is 24.3. The highest BCUT2D eigenvalue weighted by Crippen LogP contribution is 2.26. The van der Waals surface area contributed by atoms with Gasteiger partial charge < -0.3 is 45.0 Å². The van der Waals surface area contributed by atoms with Crippen LogP contribution in [0.2, 0.25) is 0 Å². The number of hydrogen-bond donors (Lipinski definition) is 6. The van der Waals surface area contributed by atoms with E-state index in [-0.39, 0.29) is 18.9 Å². The number of aliphatic hydroxyl groups excluding tert-OH is 6. The third-order valence-corrected chi connectivity index (χ3v) is 10.7. The van der Waals surface area contributed by atoms with Crippen molar-refractivity contribution in [3.63, 3.8) is 0 Å². The molecule has 296 valence electrons. The number of hydrogen-bond acceptors (Lipinski definition) is 9. The number of aliphatic hydroxyl groups is 6. The molecule has 2 aliphatic heterocycles. The van der Waals surface area contributed by atoms with E-state index in [1.807, 2.05) is 0 Å². The topological polar surface area (TPSA) is 143 Å². The van der Waals surface area contributed by atoms with Crippen molar-refractivity contribution in [2.24, 2.45) is 5.92 Å². The summed E-state index contributed by atoms with van der Waals surface area (Å²) in [4.78, 5) is 2.56. The number of halogens is 1. The van der Waals surface area contributed by atoms with Gasteiger partial charge in [-0.25, -0.2) is 4.39 Å². The molecule has 2 saturated heterocycles. The summed E-state index contributed by atoms with van der Waals surface area (Å²) in [7, 11) is 0. The summed E-state index contributed by atoms with van der Waals surface area (Å²) in [6.07, 6.45) is 18.1. The summed E-state index contributed by atoms with van der Waals surface area (Å²) in [6.45, 7) is 5.10. The minimum Gasteiger partial charge on any atom is -0.394 e. The molecule has 0 radical (unpaired) electrons. The number of nitrogens with zero attached hydrogens (tertiary/aromatic N) is 1. The van der Waals surface area contributed by atoms with Crippen LogP contribution in [0.3, 0.4) is 0 Å². The number of rotatable bonds is 31. The Morgan fingerprint density at radius 3 is 1.82 bits per heavy atom. The van der Waals surface area contributed by atoms with Gasteiger partial charge in [0.05, 0.1) is 31.2 Å². The van der Waals surface area contributed by atoms with Crippen LogP contribution >= 0.6 is 0 Å². The Hall–Kier alpha value is -0.690. The zero-order valence-electron chi connectivity index (χ0n) is 31.5. The fraction of sp³-hybridized carbons (Fsp3) is 0.950. The van der Waals surface area contributed by atoms with Crippen LogP contribution in [0.5, 0.6) is 0 Å². The second-order valence-electron chi connectivity index (χ2n) is 15.2. The van der Waals surface area contributed by atoms with Crippen LogP contribution < -0.4 is 0 Å². The maximum atomic E-state index is 15.2. The Bertz CT molecular complexity index is 829. The van der Waals surface area contributed by atoms with Crippen LogP contribution in [-0.2, 0) is 9.47 Å². The van der Waals surface area contributed by atoms with Gasteiger partial charge >= 0.3 is 0 Å². The second kappa shape index (κ2) is 28.8. The lowest BCUT2D eigenvalue weighted by Gasteiger charge is -2.40. The Labute approximate surface area is 303 Å². The van der Waals surface area contributed by atoms with E-state index < -0.39 is 55.4 Å². The molecule has 2 fully saturated rings. The monoisotopic (exact) mass is 718 g/mol. The SMILES string of the molecule is CCCCCCCCCCCCCC[C@@H](O)[C@@H](O)[C@@H](/C=C(/F)CCCCCCCCCCN1CCCC1)COC1OC(CO)C(O)C(O)C1O. The summed E-state index contributed by atoms with van der Waals surface area (Å²) >= 11 is 0. The van der Waals surface area contributed by atoms with Crippen molar-refractivity contribution in [3.05, 3.63) is 11.9 Å². The molecule has 10 heteroatoms. The first-order valence-corrected chi connectivity index (χ1v) is 20.6. The first kappa shape index (κ1) is 45.5. The number of ether oxygens (including phenoxy) is 2. The standard InChI is InChI=1S/C40H76FNO8/c1-2-3-4-5-6-7-8-9-10-14-17-20-25-34(44)36(45)32(31-49-40-39(48)38(47)37(46)35(30-43)50-40)29-33(41)24-19-16-13-11-12-15-18-21-26-42-27-22-23-28-42/h29,32,34-40,43-48H,2-28,30-31H2,1H3/b33-29+/t32-,34+,35?,36-,37?,38?,39?,40?/m0/s1. The molecule has 0 aliphatic carbocycles. The van der Waals surface area contributed by atoms with E-state index in [2.05, 4.69) is 11.8 Å². The molecule has 6 N–H and O–H groups in total. The molecule has 2 heterocycles. The lowest BCUT2D eigenvalue weighted by Crippen LogP contribution is -2.59. The predicted octanol–water partition coefficient (Wildman–Crippen LogP) is 6.69. The van der Waals surface area contributed by atoms with E-state index in [1.54, 1.807) is 0 Å². The van der Waals surface area contributed by atoms with Crippen LogP contribution in [0, 0.1) is 5.92 Å². The summed E-state index contributed by atoms with van der Waals surface area (Å²) in [5, 5.41) is 62.1. The van der Waals surface area contributed by atoms with Gasteiger partial charge in [0.25, 0.3) is 0 Å². The molecular weight excluding hydrogens is 641 g/mol. The van der Waals surface area contributed by atoms with Crippen LogP contribution in [-0.4, -0.2) is 111 Å². The van der Waals surface area contributed by atoms with Crippen molar-refractivity contribution in [1.82, 2.24) is 4.90 Å². The Morgan fingerprint density at radius 1 is 0.740 bits per heavy atom. The van der Waals surface area contributed by atoms with E-state index in [0.29, 0.717) is 12.8 Å². The molecular formula is C40H76FNO8. The molecule has 5 unspecified atom stereocenters. The van der Waals surface area contributed by atoms with Crippen molar-refractivity contribution in [2.45, 2.75) is 204 Å². The summed E-state index contributed by atoms with van der Waals surface area (Å²) in [5.41, 5.74) is 0. The number of likely N-dealkylation sites (tertiary alicyclic amines) is 1. The maximum Gasteiger partial charge on any atom is 0.186 e. The van der Waals surface area contributed by atoms with Gasteiger partial charge in [0, 0.05) is 5.92 Å². The van der Waals surface area contributed by atoms with Gasteiger partial charge in [-0.1, -0.05) is 122 Å². The largest absolute Gasteiger partial charge is 0.394 e. The van der Waals surface area contributed by atoms with Crippen molar-refractivity contribution in [3.8, 4) is 0 Å². The average Bonchev–Trinajstić information content (AvgIpc) is 3.64. The van der Waals surface area contributed by atoms with Crippen molar-refractivity contribution >= 4 is 0 Å². The number of unbranched alkanes of at least 4 members (excludes halogenated alkanes) is 18. The van der Waals surface area contributed by atoms with E-state index in [9.17, 15) is 30.6 Å². The molecule has 0 aromatic carbocycles. The van der Waals surface area contributed by atoms with Crippen LogP contribution in [0.15, 0.2) is 11.9 Å². The van der Waals surface area contributed by atoms with Gasteiger partial charge in [0.2, 0.25) is 0 Å². The fourth-order valence-corrected chi connectivity index (χ4v) is 7.32. The van der Waals surface area contributed by atoms with Gasteiger partial charge in [-0.2, -0.15) is 0 Å². The molecule has 2 rings (SSSR count). The summed E-state index contributed by atoms with van der Waals surface area (Å²) in [6, 6.07) is 0. The van der Waals surface area contributed by atoms with Gasteiger partial charge in [-0.05, 0) is 64.2 Å². The molecule has 0 saturated carbocycles. The normalized spacial score (nSPS) is 25.3. The van der Waals surface area contributed by atoms with Crippen molar-refractivity contribution in [1.29, 1.82) is 0 Å². The zero-order chi connectivity index (χ0) is 36.4. The smallest absolute Gasteiger partial charge is 0.186 e. The van der Waals surface area contributed by atoms with Crippen LogP contribution in [0.4, 0.5) is 4.39 Å². The highest BCUT2D eigenvalue weighted by Gasteiger charge is 2.44. The van der Waals surface area contributed by atoms with Gasteiger partial charge in [0.15, 0.2) is 6.29 Å². The van der Waals surface area contributed by atoms with Crippen LogP contribution in [0.25, 0.3) is 0 Å². The van der Waals surface area contributed by atoms with Gasteiger partial charge in [-0.15, -0.1) is 0 Å². The Balaban J connectivity index is 1.75.